The summed E-state index contributed by atoms with van der Waals surface area (Å²) < 4.78 is 4.90. The first kappa shape index (κ1) is 30.1. The molecule has 0 bridgehead atoms. The molecule has 2 atom stereocenters. The average Bonchev–Trinajstić information content (AvgIpc) is 3.70. The normalized spacial score (nSPS) is 16.4. The van der Waals surface area contributed by atoms with Crippen molar-refractivity contribution in [2.45, 2.75) is 24.9 Å². The Balaban J connectivity index is 1.12. The van der Waals surface area contributed by atoms with Crippen LogP contribution in [0.3, 0.4) is 0 Å². The van der Waals surface area contributed by atoms with Gasteiger partial charge in [-0.25, -0.2) is 0 Å². The summed E-state index contributed by atoms with van der Waals surface area (Å²) >= 11 is 0. The standard InChI is InChI=1S/C45H39N5/c46-38(31-15-4-1-5-16-31)29-39(32-17-6-2-7-18-32)47-30-33-19-14-26-43(48-33)50-40-24-12-10-22-35(40)36-27-28-42-44(45(36)50)37-23-11-13-25-41(37)49(42)34-20-8-3-9-21-34/h1-10,12-22,24-29,33,39,47-48H,11,23,30,46H2/b38-29-. The van der Waals surface area contributed by atoms with E-state index in [1.807, 2.05) is 18.2 Å². The van der Waals surface area contributed by atoms with E-state index >= 15 is 0 Å². The van der Waals surface area contributed by atoms with E-state index in [1.165, 1.54) is 55.2 Å². The van der Waals surface area contributed by atoms with E-state index in [1.54, 1.807) is 0 Å². The number of hydrogen-bond acceptors (Lipinski definition) is 3. The minimum Gasteiger partial charge on any atom is -0.398 e. The highest BCUT2D eigenvalue weighted by Crippen LogP contribution is 2.42. The fourth-order valence-electron chi connectivity index (χ4n) is 7.80. The third kappa shape index (κ3) is 5.24. The average molecular weight is 650 g/mol. The van der Waals surface area contributed by atoms with Gasteiger partial charge in [-0.05, 0) is 72.0 Å². The van der Waals surface area contributed by atoms with Crippen LogP contribution in [0.15, 0.2) is 158 Å². The Labute approximate surface area is 292 Å². The summed E-state index contributed by atoms with van der Waals surface area (Å²) in [5, 5.41) is 11.6. The molecule has 0 spiro atoms. The predicted molar refractivity (Wildman–Crippen MR) is 210 cm³/mol. The lowest BCUT2D eigenvalue weighted by atomic mass is 9.99. The van der Waals surface area contributed by atoms with E-state index in [0.29, 0.717) is 6.54 Å². The molecular formula is C45H39N5. The van der Waals surface area contributed by atoms with Crippen LogP contribution >= 0.6 is 0 Å². The van der Waals surface area contributed by atoms with Crippen molar-refractivity contribution in [1.29, 1.82) is 0 Å². The number of nitrogens with one attached hydrogen (secondary N) is 2. The van der Waals surface area contributed by atoms with E-state index in [0.717, 1.165) is 29.9 Å². The number of fused-ring (bicyclic) bond motifs is 7. The van der Waals surface area contributed by atoms with Crippen molar-refractivity contribution in [1.82, 2.24) is 19.8 Å². The van der Waals surface area contributed by atoms with Crippen LogP contribution in [0, 0.1) is 0 Å². The van der Waals surface area contributed by atoms with Crippen molar-refractivity contribution in [3.8, 4) is 5.69 Å². The number of nitrogens with zero attached hydrogens (tertiary/aromatic N) is 2. The zero-order valence-corrected chi connectivity index (χ0v) is 27.8. The van der Waals surface area contributed by atoms with Crippen molar-refractivity contribution < 1.29 is 0 Å². The van der Waals surface area contributed by atoms with Gasteiger partial charge in [0.2, 0.25) is 0 Å². The highest BCUT2D eigenvalue weighted by molar-refractivity contribution is 6.20. The molecule has 0 saturated heterocycles. The lowest BCUT2D eigenvalue weighted by molar-refractivity contribution is 0.553. The molecule has 244 valence electrons. The molecular weight excluding hydrogens is 611 g/mol. The highest BCUT2D eigenvalue weighted by Gasteiger charge is 2.25. The Bertz CT molecular complexity index is 2460. The summed E-state index contributed by atoms with van der Waals surface area (Å²) in [5.41, 5.74) is 17.2. The van der Waals surface area contributed by atoms with E-state index in [2.05, 4.69) is 165 Å². The van der Waals surface area contributed by atoms with Gasteiger partial charge in [-0.15, -0.1) is 0 Å². The number of benzene rings is 5. The minimum atomic E-state index is -0.0499. The van der Waals surface area contributed by atoms with Gasteiger partial charge in [-0.1, -0.05) is 121 Å². The topological polar surface area (TPSA) is 59.9 Å². The number of dihydropyridines is 1. The summed E-state index contributed by atoms with van der Waals surface area (Å²) in [5.74, 6) is 1.07. The molecule has 5 heteroatoms. The first-order valence-corrected chi connectivity index (χ1v) is 17.5. The molecule has 7 aromatic rings. The summed E-state index contributed by atoms with van der Waals surface area (Å²) in [4.78, 5) is 0. The van der Waals surface area contributed by atoms with Crippen LogP contribution in [-0.4, -0.2) is 21.7 Å². The third-order valence-corrected chi connectivity index (χ3v) is 10.1. The van der Waals surface area contributed by atoms with E-state index in [9.17, 15) is 0 Å². The number of aromatic nitrogens is 2. The van der Waals surface area contributed by atoms with Crippen molar-refractivity contribution in [2.24, 2.45) is 5.73 Å². The van der Waals surface area contributed by atoms with Gasteiger partial charge < -0.3 is 20.9 Å². The third-order valence-electron chi connectivity index (χ3n) is 10.1. The number of rotatable bonds is 8. The summed E-state index contributed by atoms with van der Waals surface area (Å²) in [6.45, 7) is 0.711. The first-order valence-electron chi connectivity index (χ1n) is 17.5. The Morgan fingerprint density at radius 3 is 2.36 bits per heavy atom. The van der Waals surface area contributed by atoms with Crippen molar-refractivity contribution >= 4 is 50.3 Å². The monoisotopic (exact) mass is 649 g/mol. The number of nitrogens with two attached hydrogens (primary N) is 1. The largest absolute Gasteiger partial charge is 0.398 e. The number of hydrogen-bond donors (Lipinski definition) is 3. The summed E-state index contributed by atoms with van der Waals surface area (Å²) in [7, 11) is 0. The maximum atomic E-state index is 6.64. The molecule has 50 heavy (non-hydrogen) atoms. The van der Waals surface area contributed by atoms with Crippen molar-refractivity contribution in [3.05, 3.63) is 180 Å². The molecule has 0 saturated carbocycles. The quantitative estimate of drug-likeness (QED) is 0.154. The van der Waals surface area contributed by atoms with Crippen LogP contribution in [0.2, 0.25) is 0 Å². The number of aryl methyl sites for hydroxylation is 1. The zero-order chi connectivity index (χ0) is 33.4. The highest BCUT2D eigenvalue weighted by atomic mass is 15.2. The van der Waals surface area contributed by atoms with Crippen LogP contribution in [0.5, 0.6) is 0 Å². The Morgan fingerprint density at radius 2 is 1.54 bits per heavy atom. The molecule has 2 unspecified atom stereocenters. The van der Waals surface area contributed by atoms with Crippen molar-refractivity contribution in [3.63, 3.8) is 0 Å². The van der Waals surface area contributed by atoms with E-state index in [-0.39, 0.29) is 12.1 Å². The second-order valence-corrected chi connectivity index (χ2v) is 13.2. The van der Waals surface area contributed by atoms with Crippen molar-refractivity contribution in [2.75, 3.05) is 6.54 Å². The van der Waals surface area contributed by atoms with Crippen LogP contribution in [0.1, 0.15) is 34.8 Å². The summed E-state index contributed by atoms with van der Waals surface area (Å²) in [6, 6.07) is 44.9. The molecule has 4 N–H and O–H groups in total. The van der Waals surface area contributed by atoms with Crippen LogP contribution in [-0.2, 0) is 6.42 Å². The van der Waals surface area contributed by atoms with Gasteiger partial charge in [-0.2, -0.15) is 0 Å². The molecule has 0 fully saturated rings. The van der Waals surface area contributed by atoms with Gasteiger partial charge in [0.1, 0.15) is 5.82 Å². The molecule has 2 aliphatic rings. The molecule has 2 aromatic heterocycles. The van der Waals surface area contributed by atoms with Crippen LogP contribution in [0.4, 0.5) is 0 Å². The molecule has 0 radical (unpaired) electrons. The molecule has 0 amide bonds. The number of allylic oxidation sites excluding steroid dienone is 3. The van der Waals surface area contributed by atoms with Gasteiger partial charge in [-0.3, -0.25) is 4.57 Å². The fourth-order valence-corrected chi connectivity index (χ4v) is 7.80. The van der Waals surface area contributed by atoms with Crippen LogP contribution < -0.4 is 16.4 Å². The molecule has 5 aromatic carbocycles. The second-order valence-electron chi connectivity index (χ2n) is 13.2. The second kappa shape index (κ2) is 12.8. The molecule has 3 heterocycles. The van der Waals surface area contributed by atoms with Crippen LogP contribution in [0.25, 0.3) is 56.0 Å². The fraction of sp³-hybridized carbons (Fsp3) is 0.111. The van der Waals surface area contributed by atoms with Gasteiger partial charge in [0.25, 0.3) is 0 Å². The summed E-state index contributed by atoms with van der Waals surface area (Å²) in [6.07, 6.45) is 15.5. The zero-order valence-electron chi connectivity index (χ0n) is 27.8. The van der Waals surface area contributed by atoms with Gasteiger partial charge in [0.05, 0.1) is 28.6 Å². The Morgan fingerprint density at radius 1 is 0.800 bits per heavy atom. The lowest BCUT2D eigenvalue weighted by Crippen LogP contribution is -2.39. The molecule has 1 aliphatic heterocycles. The smallest absolute Gasteiger partial charge is 0.111 e. The first-order chi connectivity index (χ1) is 24.7. The lowest BCUT2D eigenvalue weighted by Gasteiger charge is -2.26. The Kier molecular flexibility index (Phi) is 7.68. The molecule has 5 nitrogen and oxygen atoms in total. The van der Waals surface area contributed by atoms with Gasteiger partial charge in [0.15, 0.2) is 0 Å². The van der Waals surface area contributed by atoms with Gasteiger partial charge in [0, 0.05) is 39.8 Å². The van der Waals surface area contributed by atoms with E-state index in [4.69, 9.17) is 5.73 Å². The molecule has 9 rings (SSSR count). The number of para-hydroxylation sites is 2. The molecule has 1 aliphatic carbocycles. The van der Waals surface area contributed by atoms with Gasteiger partial charge >= 0.3 is 0 Å². The SMILES string of the molecule is N/C(=C\C(NCC1C=CC=C(n2c3ccccc3c3ccc4c(c5c(n4-c4ccccc4)C=CCC5)c32)N1)c1ccccc1)c1ccccc1. The Hall–Kier alpha value is -6.04. The minimum absolute atomic E-state index is 0.0499. The predicted octanol–water partition coefficient (Wildman–Crippen LogP) is 9.35. The maximum absolute atomic E-state index is 6.64. The maximum Gasteiger partial charge on any atom is 0.111 e. The van der Waals surface area contributed by atoms with E-state index < -0.39 is 0 Å².